The van der Waals surface area contributed by atoms with Crippen molar-refractivity contribution in [2.75, 3.05) is 11.9 Å². The molecule has 0 radical (unpaired) electrons. The van der Waals surface area contributed by atoms with Crippen molar-refractivity contribution in [2.45, 2.75) is 10.7 Å². The number of nitrogens with one attached hydrogen (secondary N) is 1. The zero-order valence-corrected chi connectivity index (χ0v) is 18.5. The Labute approximate surface area is 192 Å². The smallest absolute Gasteiger partial charge is 0.412 e. The molecule has 0 aliphatic rings. The van der Waals surface area contributed by atoms with Gasteiger partial charge in [-0.25, -0.2) is 19.3 Å². The minimum absolute atomic E-state index is 0.271. The monoisotopic (exact) mass is 475 g/mol. The Morgan fingerprint density at radius 1 is 1.10 bits per heavy atom. The number of halogens is 3. The van der Waals surface area contributed by atoms with E-state index in [0.29, 0.717) is 5.65 Å². The van der Waals surface area contributed by atoms with Crippen LogP contribution in [0, 0.1) is 6.92 Å². The van der Waals surface area contributed by atoms with Gasteiger partial charge in [-0.2, -0.15) is 5.10 Å². The molecule has 0 atom stereocenters. The Kier molecular flexibility index (Phi) is 6.00. The highest BCUT2D eigenvalue weighted by Crippen LogP contribution is 2.33. The Hall–Kier alpha value is -2.87. The van der Waals surface area contributed by atoms with Gasteiger partial charge in [-0.1, -0.05) is 58.6 Å². The number of alkyl halides is 3. The fraction of sp³-hybridized carbons (Fsp3) is 0.143. The van der Waals surface area contributed by atoms with Gasteiger partial charge in [-0.15, -0.1) is 0 Å². The predicted molar refractivity (Wildman–Crippen MR) is 122 cm³/mol. The van der Waals surface area contributed by atoms with Crippen molar-refractivity contribution in [3.63, 3.8) is 0 Å². The minimum Gasteiger partial charge on any atom is -0.445 e. The Balaban J connectivity index is 1.73. The van der Waals surface area contributed by atoms with Crippen LogP contribution in [-0.2, 0) is 4.74 Å². The third kappa shape index (κ3) is 5.07. The number of fused-ring (bicyclic) bond motifs is 1. The highest BCUT2D eigenvalue weighted by Gasteiger charge is 2.22. The number of aromatic nitrogens is 4. The average molecular weight is 477 g/mol. The lowest BCUT2D eigenvalue weighted by atomic mass is 10.0. The summed E-state index contributed by atoms with van der Waals surface area (Å²) in [5.74, 6) is 0.271. The quantitative estimate of drug-likeness (QED) is 0.383. The van der Waals surface area contributed by atoms with Gasteiger partial charge in [-0.3, -0.25) is 5.32 Å². The molecule has 0 bridgehead atoms. The number of aryl methyl sites for hydroxylation is 1. The molecule has 158 valence electrons. The second-order valence-electron chi connectivity index (χ2n) is 6.72. The Bertz CT molecular complexity index is 1250. The number of benzene rings is 1. The van der Waals surface area contributed by atoms with Crippen LogP contribution < -0.4 is 5.32 Å². The molecule has 1 N–H and O–H groups in total. The molecule has 0 aliphatic carbocycles. The van der Waals surface area contributed by atoms with Crippen LogP contribution in [0.3, 0.4) is 0 Å². The second kappa shape index (κ2) is 8.70. The summed E-state index contributed by atoms with van der Waals surface area (Å²) in [6, 6.07) is 15.3. The van der Waals surface area contributed by atoms with Crippen LogP contribution in [-0.4, -0.2) is 36.1 Å². The largest absolute Gasteiger partial charge is 0.445 e. The number of pyridine rings is 1. The highest BCUT2D eigenvalue weighted by atomic mass is 35.6. The number of hydrogen-bond donors (Lipinski definition) is 1. The van der Waals surface area contributed by atoms with Gasteiger partial charge in [0, 0.05) is 23.5 Å². The molecule has 0 spiro atoms. The van der Waals surface area contributed by atoms with Crippen LogP contribution in [0.2, 0.25) is 0 Å². The van der Waals surface area contributed by atoms with E-state index in [4.69, 9.17) is 44.5 Å². The maximum Gasteiger partial charge on any atom is 0.412 e. The van der Waals surface area contributed by atoms with Crippen LogP contribution >= 0.6 is 34.8 Å². The number of rotatable bonds is 4. The molecule has 0 saturated carbocycles. The third-order valence-corrected chi connectivity index (χ3v) is 4.64. The van der Waals surface area contributed by atoms with Crippen LogP contribution in [0.15, 0.2) is 60.9 Å². The van der Waals surface area contributed by atoms with E-state index >= 15 is 0 Å². The van der Waals surface area contributed by atoms with Crippen molar-refractivity contribution in [1.82, 2.24) is 19.6 Å². The number of imidazole rings is 1. The Morgan fingerprint density at radius 2 is 1.94 bits per heavy atom. The molecule has 0 aliphatic heterocycles. The topological polar surface area (TPSA) is 81.4 Å². The first-order valence-corrected chi connectivity index (χ1v) is 10.3. The molecule has 0 unspecified atom stereocenters. The SMILES string of the molecule is Cc1cccc(-c2nc3cccnn3c2-c2ccnc(NC(=O)OCC(Cl)(Cl)Cl)c2)c1. The van der Waals surface area contributed by atoms with Crippen LogP contribution in [0.25, 0.3) is 28.2 Å². The number of carbonyl (C=O) groups is 1. The molecular weight excluding hydrogens is 461 g/mol. The van der Waals surface area contributed by atoms with E-state index in [-0.39, 0.29) is 5.82 Å². The molecule has 1 amide bonds. The highest BCUT2D eigenvalue weighted by molar-refractivity contribution is 6.67. The van der Waals surface area contributed by atoms with E-state index in [1.807, 2.05) is 43.3 Å². The lowest BCUT2D eigenvalue weighted by Gasteiger charge is -2.12. The number of carbonyl (C=O) groups excluding carboxylic acids is 1. The van der Waals surface area contributed by atoms with Gasteiger partial charge in [0.25, 0.3) is 0 Å². The van der Waals surface area contributed by atoms with E-state index < -0.39 is 16.5 Å². The number of ether oxygens (including phenoxy) is 1. The summed E-state index contributed by atoms with van der Waals surface area (Å²) in [5, 5.41) is 6.99. The van der Waals surface area contributed by atoms with E-state index in [1.54, 1.807) is 23.0 Å². The van der Waals surface area contributed by atoms with Crippen molar-refractivity contribution in [1.29, 1.82) is 0 Å². The molecule has 0 saturated heterocycles. The number of hydrogen-bond acceptors (Lipinski definition) is 5. The zero-order valence-electron chi connectivity index (χ0n) is 16.2. The number of nitrogens with zero attached hydrogens (tertiary/aromatic N) is 4. The molecule has 10 heteroatoms. The zero-order chi connectivity index (χ0) is 22.0. The fourth-order valence-electron chi connectivity index (χ4n) is 3.08. The number of amides is 1. The number of anilines is 1. The van der Waals surface area contributed by atoms with Crippen molar-refractivity contribution >= 4 is 52.4 Å². The molecule has 7 nitrogen and oxygen atoms in total. The second-order valence-corrected chi connectivity index (χ2v) is 9.23. The lowest BCUT2D eigenvalue weighted by Crippen LogP contribution is -2.21. The first-order valence-electron chi connectivity index (χ1n) is 9.18. The van der Waals surface area contributed by atoms with Crippen LogP contribution in [0.5, 0.6) is 0 Å². The summed E-state index contributed by atoms with van der Waals surface area (Å²) >= 11 is 16.8. The van der Waals surface area contributed by atoms with Gasteiger partial charge in [0.05, 0.1) is 5.69 Å². The van der Waals surface area contributed by atoms with E-state index in [1.165, 1.54) is 0 Å². The molecule has 4 rings (SSSR count). The van der Waals surface area contributed by atoms with Crippen molar-refractivity contribution < 1.29 is 9.53 Å². The van der Waals surface area contributed by atoms with E-state index in [0.717, 1.165) is 28.1 Å². The van der Waals surface area contributed by atoms with Gasteiger partial charge in [0.1, 0.15) is 18.1 Å². The summed E-state index contributed by atoms with van der Waals surface area (Å²) in [5.41, 5.74) is 5.05. The molecular formula is C21H16Cl3N5O2. The first kappa shape index (κ1) is 21.4. The molecule has 1 aromatic carbocycles. The van der Waals surface area contributed by atoms with Crippen LogP contribution in [0.1, 0.15) is 5.56 Å². The van der Waals surface area contributed by atoms with Crippen molar-refractivity contribution in [3.05, 3.63) is 66.5 Å². The normalized spacial score (nSPS) is 11.5. The van der Waals surface area contributed by atoms with Crippen molar-refractivity contribution in [3.8, 4) is 22.5 Å². The maximum atomic E-state index is 12.0. The first-order chi connectivity index (χ1) is 14.8. The van der Waals surface area contributed by atoms with Gasteiger partial charge in [0.2, 0.25) is 3.79 Å². The van der Waals surface area contributed by atoms with Gasteiger partial charge in [0.15, 0.2) is 5.65 Å². The predicted octanol–water partition coefficient (Wildman–Crippen LogP) is 5.69. The van der Waals surface area contributed by atoms with E-state index in [2.05, 4.69) is 21.5 Å². The standard InChI is InChI=1S/C21H16Cl3N5O2/c1-13-4-2-5-14(10-13)18-19(29-17(28-18)6-3-8-26-29)15-7-9-25-16(11-15)27-20(30)31-12-21(22,23)24/h2-11H,12H2,1H3,(H,25,27,30). The summed E-state index contributed by atoms with van der Waals surface area (Å²) in [7, 11) is 0. The molecule has 3 aromatic heterocycles. The molecule has 4 aromatic rings. The lowest BCUT2D eigenvalue weighted by molar-refractivity contribution is 0.164. The molecule has 0 fully saturated rings. The van der Waals surface area contributed by atoms with E-state index in [9.17, 15) is 4.79 Å². The summed E-state index contributed by atoms with van der Waals surface area (Å²) in [4.78, 5) is 21.0. The van der Waals surface area contributed by atoms with Crippen LogP contribution in [0.4, 0.5) is 10.6 Å². The van der Waals surface area contributed by atoms with Crippen molar-refractivity contribution in [2.24, 2.45) is 0 Å². The summed E-state index contributed by atoms with van der Waals surface area (Å²) in [6.45, 7) is 1.63. The fourth-order valence-corrected chi connectivity index (χ4v) is 3.24. The average Bonchev–Trinajstić information content (AvgIpc) is 3.12. The Morgan fingerprint density at radius 3 is 2.71 bits per heavy atom. The van der Waals surface area contributed by atoms with Gasteiger partial charge in [-0.05, 0) is 37.3 Å². The molecule has 31 heavy (non-hydrogen) atoms. The molecule has 3 heterocycles. The minimum atomic E-state index is -1.70. The van der Waals surface area contributed by atoms with Gasteiger partial charge >= 0.3 is 6.09 Å². The third-order valence-electron chi connectivity index (χ3n) is 4.31. The summed E-state index contributed by atoms with van der Waals surface area (Å²) < 4.78 is 4.95. The van der Waals surface area contributed by atoms with Gasteiger partial charge < -0.3 is 4.74 Å². The summed E-state index contributed by atoms with van der Waals surface area (Å²) in [6.07, 6.45) is 2.47. The maximum absolute atomic E-state index is 12.0.